The summed E-state index contributed by atoms with van der Waals surface area (Å²) in [5.74, 6) is 0.502. The lowest BCUT2D eigenvalue weighted by molar-refractivity contribution is -0.121. The molecule has 0 aliphatic carbocycles. The van der Waals surface area contributed by atoms with Crippen molar-refractivity contribution in [3.63, 3.8) is 0 Å². The number of carbonyl (C=O) groups is 1. The van der Waals surface area contributed by atoms with Crippen LogP contribution >= 0.6 is 0 Å². The predicted molar refractivity (Wildman–Crippen MR) is 86.3 cm³/mol. The van der Waals surface area contributed by atoms with Gasteiger partial charge < -0.3 is 9.88 Å². The number of sulfone groups is 1. The summed E-state index contributed by atoms with van der Waals surface area (Å²) >= 11 is 0. The zero-order valence-electron chi connectivity index (χ0n) is 12.4. The quantitative estimate of drug-likeness (QED) is 0.909. The first-order valence-electron chi connectivity index (χ1n) is 7.54. The molecule has 0 radical (unpaired) electrons. The number of hydrogen-bond acceptors (Lipinski definition) is 3. The first kappa shape index (κ1) is 15.1. The lowest BCUT2D eigenvalue weighted by atomic mass is 10.1. The topological polar surface area (TPSA) is 68.2 Å². The van der Waals surface area contributed by atoms with Gasteiger partial charge in [0, 0.05) is 31.2 Å². The van der Waals surface area contributed by atoms with Crippen LogP contribution in [0.2, 0.25) is 0 Å². The molecular weight excluding hydrogens is 300 g/mol. The van der Waals surface area contributed by atoms with E-state index in [2.05, 4.69) is 9.88 Å². The van der Waals surface area contributed by atoms with Crippen LogP contribution in [0.4, 0.5) is 0 Å². The third kappa shape index (κ3) is 3.50. The minimum absolute atomic E-state index is 0.0259. The molecule has 1 fully saturated rings. The van der Waals surface area contributed by atoms with Gasteiger partial charge in [-0.1, -0.05) is 18.2 Å². The molecule has 5 nitrogen and oxygen atoms in total. The number of rotatable bonds is 5. The summed E-state index contributed by atoms with van der Waals surface area (Å²) in [4.78, 5) is 11.9. The molecule has 22 heavy (non-hydrogen) atoms. The second-order valence-corrected chi connectivity index (χ2v) is 8.12. The molecule has 1 aromatic heterocycles. The molecule has 1 unspecified atom stereocenters. The molecule has 1 aliphatic heterocycles. The molecule has 0 spiro atoms. The summed E-state index contributed by atoms with van der Waals surface area (Å²) in [5, 5.41) is 4.02. The number of fused-ring (bicyclic) bond motifs is 1. The van der Waals surface area contributed by atoms with E-state index in [4.69, 9.17) is 0 Å². The highest BCUT2D eigenvalue weighted by atomic mass is 32.2. The van der Waals surface area contributed by atoms with Crippen LogP contribution < -0.4 is 5.32 Å². The Hall–Kier alpha value is -1.82. The lowest BCUT2D eigenvalue weighted by Gasteiger charge is -2.10. The number of aryl methyl sites for hydroxylation is 1. The smallest absolute Gasteiger partial charge is 0.221 e. The van der Waals surface area contributed by atoms with Gasteiger partial charge in [-0.15, -0.1) is 0 Å². The van der Waals surface area contributed by atoms with E-state index in [1.54, 1.807) is 0 Å². The summed E-state index contributed by atoms with van der Waals surface area (Å²) in [6.45, 7) is 1.09. The van der Waals surface area contributed by atoms with E-state index in [0.717, 1.165) is 5.52 Å². The first-order chi connectivity index (χ1) is 10.5. The number of hydrogen-bond donors (Lipinski definition) is 1. The zero-order chi connectivity index (χ0) is 15.6. The molecule has 118 valence electrons. The summed E-state index contributed by atoms with van der Waals surface area (Å²) in [6.07, 6.45) is 3.05. The van der Waals surface area contributed by atoms with E-state index in [9.17, 15) is 13.2 Å². The van der Waals surface area contributed by atoms with Crippen molar-refractivity contribution in [2.24, 2.45) is 5.92 Å². The van der Waals surface area contributed by atoms with Gasteiger partial charge in [0.05, 0.1) is 11.5 Å². The minimum atomic E-state index is -2.87. The zero-order valence-corrected chi connectivity index (χ0v) is 13.2. The van der Waals surface area contributed by atoms with Gasteiger partial charge in [0.25, 0.3) is 0 Å². The van der Waals surface area contributed by atoms with Crippen molar-refractivity contribution in [3.8, 4) is 0 Å². The summed E-state index contributed by atoms with van der Waals surface area (Å²) in [5.41, 5.74) is 1.12. The third-order valence-electron chi connectivity index (χ3n) is 4.17. The van der Waals surface area contributed by atoms with E-state index in [1.807, 2.05) is 36.5 Å². The first-order valence-corrected chi connectivity index (χ1v) is 9.37. The lowest BCUT2D eigenvalue weighted by Crippen LogP contribution is -2.30. The second kappa shape index (κ2) is 6.12. The molecule has 0 saturated carbocycles. The normalized spacial score (nSPS) is 20.3. The number of amides is 1. The fourth-order valence-electron chi connectivity index (χ4n) is 2.94. The number of para-hydroxylation sites is 1. The van der Waals surface area contributed by atoms with Crippen LogP contribution in [0.1, 0.15) is 12.8 Å². The Balaban J connectivity index is 1.48. The maximum atomic E-state index is 11.9. The van der Waals surface area contributed by atoms with Crippen LogP contribution in [0.25, 0.3) is 10.9 Å². The number of aromatic nitrogens is 1. The Labute approximate surface area is 130 Å². The molecule has 1 N–H and O–H groups in total. The van der Waals surface area contributed by atoms with Gasteiger partial charge in [-0.2, -0.15) is 0 Å². The van der Waals surface area contributed by atoms with Gasteiger partial charge in [0.1, 0.15) is 0 Å². The highest BCUT2D eigenvalue weighted by Crippen LogP contribution is 2.17. The van der Waals surface area contributed by atoms with Gasteiger partial charge in [0.2, 0.25) is 5.91 Å². The van der Waals surface area contributed by atoms with Crippen LogP contribution in [0.5, 0.6) is 0 Å². The second-order valence-electron chi connectivity index (χ2n) is 5.89. The maximum Gasteiger partial charge on any atom is 0.221 e. The monoisotopic (exact) mass is 320 g/mol. The van der Waals surface area contributed by atoms with Gasteiger partial charge >= 0.3 is 0 Å². The molecule has 1 aliphatic rings. The molecule has 2 aromatic rings. The third-order valence-corrected chi connectivity index (χ3v) is 6.01. The fraction of sp³-hybridized carbons (Fsp3) is 0.438. The average Bonchev–Trinajstić information content (AvgIpc) is 3.06. The molecule has 1 aromatic carbocycles. The predicted octanol–water partition coefficient (Wildman–Crippen LogP) is 1.58. The molecular formula is C16H20N2O3S. The molecule has 0 bridgehead atoms. The molecule has 1 atom stereocenters. The van der Waals surface area contributed by atoms with Crippen LogP contribution in [-0.4, -0.2) is 36.9 Å². The SMILES string of the molecule is O=C(CCn1ccc2ccccc21)NCC1CCS(=O)(=O)C1. The van der Waals surface area contributed by atoms with Crippen molar-refractivity contribution in [3.05, 3.63) is 36.5 Å². The van der Waals surface area contributed by atoms with Gasteiger partial charge in [-0.3, -0.25) is 4.79 Å². The van der Waals surface area contributed by atoms with Crippen molar-refractivity contribution < 1.29 is 13.2 Å². The van der Waals surface area contributed by atoms with Gasteiger partial charge in [-0.25, -0.2) is 8.42 Å². The summed E-state index contributed by atoms with van der Waals surface area (Å²) in [7, 11) is -2.87. The van der Waals surface area contributed by atoms with Crippen LogP contribution in [0.15, 0.2) is 36.5 Å². The van der Waals surface area contributed by atoms with E-state index in [-0.39, 0.29) is 23.3 Å². The highest BCUT2D eigenvalue weighted by molar-refractivity contribution is 7.91. The van der Waals surface area contributed by atoms with E-state index < -0.39 is 9.84 Å². The Kier molecular flexibility index (Phi) is 4.20. The van der Waals surface area contributed by atoms with Crippen molar-refractivity contribution in [1.82, 2.24) is 9.88 Å². The van der Waals surface area contributed by atoms with Gasteiger partial charge in [-0.05, 0) is 29.9 Å². The number of benzene rings is 1. The number of carbonyl (C=O) groups excluding carboxylic acids is 1. The van der Waals surface area contributed by atoms with Crippen LogP contribution in [0.3, 0.4) is 0 Å². The molecule has 1 amide bonds. The van der Waals surface area contributed by atoms with E-state index in [1.165, 1.54) is 5.39 Å². The Morgan fingerprint density at radius 1 is 1.27 bits per heavy atom. The molecule has 2 heterocycles. The average molecular weight is 320 g/mol. The highest BCUT2D eigenvalue weighted by Gasteiger charge is 2.27. The fourth-order valence-corrected chi connectivity index (χ4v) is 4.80. The van der Waals surface area contributed by atoms with Crippen molar-refractivity contribution >= 4 is 26.6 Å². The molecule has 6 heteroatoms. The standard InChI is InChI=1S/C16H20N2O3S/c19-16(17-11-13-7-10-22(20,21)12-13)6-9-18-8-5-14-3-1-2-4-15(14)18/h1-5,8,13H,6-7,9-12H2,(H,17,19). The van der Waals surface area contributed by atoms with Crippen molar-refractivity contribution in [1.29, 1.82) is 0 Å². The van der Waals surface area contributed by atoms with Gasteiger partial charge in [0.15, 0.2) is 9.84 Å². The van der Waals surface area contributed by atoms with Crippen molar-refractivity contribution in [2.45, 2.75) is 19.4 Å². The largest absolute Gasteiger partial charge is 0.356 e. The maximum absolute atomic E-state index is 11.9. The molecule has 3 rings (SSSR count). The summed E-state index contributed by atoms with van der Waals surface area (Å²) < 4.78 is 24.8. The van der Waals surface area contributed by atoms with E-state index >= 15 is 0 Å². The molecule has 1 saturated heterocycles. The number of nitrogens with one attached hydrogen (secondary N) is 1. The van der Waals surface area contributed by atoms with Crippen molar-refractivity contribution in [2.75, 3.05) is 18.1 Å². The van der Waals surface area contributed by atoms with Crippen LogP contribution in [-0.2, 0) is 21.2 Å². The Morgan fingerprint density at radius 2 is 2.09 bits per heavy atom. The Morgan fingerprint density at radius 3 is 2.86 bits per heavy atom. The summed E-state index contributed by atoms with van der Waals surface area (Å²) in [6, 6.07) is 10.1. The van der Waals surface area contributed by atoms with Crippen LogP contribution in [0, 0.1) is 5.92 Å². The Bertz CT molecular complexity index is 780. The number of nitrogens with zero attached hydrogens (tertiary/aromatic N) is 1. The minimum Gasteiger partial charge on any atom is -0.356 e. The van der Waals surface area contributed by atoms with E-state index in [0.29, 0.717) is 25.9 Å².